The summed E-state index contributed by atoms with van der Waals surface area (Å²) in [6, 6.07) is 0. The molecule has 5 nitrogen and oxygen atoms in total. The predicted molar refractivity (Wildman–Crippen MR) is 76.5 cm³/mol. The van der Waals surface area contributed by atoms with Crippen LogP contribution in [0.25, 0.3) is 0 Å². The van der Waals surface area contributed by atoms with Crippen molar-refractivity contribution in [2.45, 2.75) is 40.0 Å². The molecule has 1 aromatic rings. The number of aromatic nitrogens is 2. The summed E-state index contributed by atoms with van der Waals surface area (Å²) in [6.07, 6.45) is 6.95. The number of nitrogens with one attached hydrogen (secondary N) is 1. The van der Waals surface area contributed by atoms with Crippen LogP contribution in [0.4, 0.5) is 5.82 Å². The Morgan fingerprint density at radius 3 is 2.63 bits per heavy atom. The second kappa shape index (κ2) is 7.19. The van der Waals surface area contributed by atoms with Crippen molar-refractivity contribution >= 4 is 11.7 Å². The van der Waals surface area contributed by atoms with Gasteiger partial charge in [-0.25, -0.2) is 4.98 Å². The SMILES string of the molecule is CC(C)(C)C(CCN)CCC(=O)Nc1cnccn1. The lowest BCUT2D eigenvalue weighted by Gasteiger charge is -2.30. The number of hydrogen-bond acceptors (Lipinski definition) is 4. The van der Waals surface area contributed by atoms with Gasteiger partial charge in [-0.3, -0.25) is 9.78 Å². The normalized spacial score (nSPS) is 13.1. The molecule has 0 saturated carbocycles. The molecule has 0 aliphatic heterocycles. The van der Waals surface area contributed by atoms with Crippen molar-refractivity contribution in [1.29, 1.82) is 0 Å². The molecule has 0 aromatic carbocycles. The van der Waals surface area contributed by atoms with Crippen LogP contribution in [-0.2, 0) is 4.79 Å². The van der Waals surface area contributed by atoms with Gasteiger partial charge < -0.3 is 11.1 Å². The molecule has 0 spiro atoms. The van der Waals surface area contributed by atoms with E-state index in [9.17, 15) is 4.79 Å². The van der Waals surface area contributed by atoms with E-state index >= 15 is 0 Å². The molecule has 1 unspecified atom stereocenters. The minimum absolute atomic E-state index is 0.0215. The van der Waals surface area contributed by atoms with Crippen LogP contribution in [0, 0.1) is 11.3 Å². The van der Waals surface area contributed by atoms with Gasteiger partial charge in [0.1, 0.15) is 0 Å². The lowest BCUT2D eigenvalue weighted by atomic mass is 9.76. The molecular weight excluding hydrogens is 240 g/mol. The Labute approximate surface area is 115 Å². The van der Waals surface area contributed by atoms with Crippen LogP contribution in [0.1, 0.15) is 40.0 Å². The number of hydrogen-bond donors (Lipinski definition) is 2. The van der Waals surface area contributed by atoms with Crippen LogP contribution in [0.5, 0.6) is 0 Å². The number of nitrogens with two attached hydrogens (primary N) is 1. The highest BCUT2D eigenvalue weighted by Crippen LogP contribution is 2.32. The van der Waals surface area contributed by atoms with Gasteiger partial charge in [-0.1, -0.05) is 20.8 Å². The second-order valence-electron chi connectivity index (χ2n) is 5.82. The monoisotopic (exact) mass is 264 g/mol. The molecule has 5 heteroatoms. The van der Waals surface area contributed by atoms with Gasteiger partial charge >= 0.3 is 0 Å². The first-order valence-corrected chi connectivity index (χ1v) is 6.69. The summed E-state index contributed by atoms with van der Waals surface area (Å²) in [5.41, 5.74) is 5.81. The number of carbonyl (C=O) groups is 1. The maximum absolute atomic E-state index is 11.8. The molecule has 0 fully saturated rings. The first kappa shape index (κ1) is 15.6. The van der Waals surface area contributed by atoms with Gasteiger partial charge in [-0.15, -0.1) is 0 Å². The summed E-state index contributed by atoms with van der Waals surface area (Å²) >= 11 is 0. The topological polar surface area (TPSA) is 80.9 Å². The Kier molecular flexibility index (Phi) is 5.89. The van der Waals surface area contributed by atoms with Crippen molar-refractivity contribution in [3.05, 3.63) is 18.6 Å². The summed E-state index contributed by atoms with van der Waals surface area (Å²) < 4.78 is 0. The van der Waals surface area contributed by atoms with Gasteiger partial charge in [0.05, 0.1) is 6.20 Å². The Bertz CT molecular complexity index is 386. The molecule has 1 atom stereocenters. The van der Waals surface area contributed by atoms with Crippen LogP contribution in [-0.4, -0.2) is 22.4 Å². The minimum Gasteiger partial charge on any atom is -0.330 e. The fourth-order valence-electron chi connectivity index (χ4n) is 2.09. The van der Waals surface area contributed by atoms with Gasteiger partial charge in [-0.05, 0) is 30.7 Å². The number of rotatable bonds is 6. The quantitative estimate of drug-likeness (QED) is 0.825. The third-order valence-electron chi connectivity index (χ3n) is 3.29. The average molecular weight is 264 g/mol. The number of anilines is 1. The van der Waals surface area contributed by atoms with Gasteiger partial charge in [0.2, 0.25) is 5.91 Å². The van der Waals surface area contributed by atoms with E-state index in [1.807, 2.05) is 0 Å². The lowest BCUT2D eigenvalue weighted by molar-refractivity contribution is -0.116. The number of amides is 1. The zero-order chi connectivity index (χ0) is 14.3. The smallest absolute Gasteiger partial charge is 0.225 e. The Morgan fingerprint density at radius 1 is 1.37 bits per heavy atom. The van der Waals surface area contributed by atoms with E-state index in [0.717, 1.165) is 12.8 Å². The van der Waals surface area contributed by atoms with E-state index in [0.29, 0.717) is 24.7 Å². The molecule has 1 rings (SSSR count). The van der Waals surface area contributed by atoms with Crippen molar-refractivity contribution in [2.75, 3.05) is 11.9 Å². The summed E-state index contributed by atoms with van der Waals surface area (Å²) in [5, 5.41) is 2.75. The molecule has 1 heterocycles. The highest BCUT2D eigenvalue weighted by Gasteiger charge is 2.24. The molecule has 0 saturated heterocycles. The van der Waals surface area contributed by atoms with Crippen molar-refractivity contribution in [3.8, 4) is 0 Å². The van der Waals surface area contributed by atoms with Crippen molar-refractivity contribution in [3.63, 3.8) is 0 Å². The zero-order valence-electron chi connectivity index (χ0n) is 12.0. The Balaban J connectivity index is 2.44. The van der Waals surface area contributed by atoms with Gasteiger partial charge in [0.15, 0.2) is 5.82 Å². The zero-order valence-corrected chi connectivity index (χ0v) is 12.0. The molecular formula is C14H24N4O. The van der Waals surface area contributed by atoms with Gasteiger partial charge in [-0.2, -0.15) is 0 Å². The first-order valence-electron chi connectivity index (χ1n) is 6.69. The summed E-state index contributed by atoms with van der Waals surface area (Å²) in [4.78, 5) is 19.8. The summed E-state index contributed by atoms with van der Waals surface area (Å²) in [7, 11) is 0. The van der Waals surface area contributed by atoms with Crippen molar-refractivity contribution in [1.82, 2.24) is 9.97 Å². The largest absolute Gasteiger partial charge is 0.330 e. The molecule has 1 amide bonds. The maximum Gasteiger partial charge on any atom is 0.225 e. The third kappa shape index (κ3) is 5.79. The van der Waals surface area contributed by atoms with Crippen molar-refractivity contribution in [2.24, 2.45) is 17.1 Å². The molecule has 0 bridgehead atoms. The second-order valence-corrected chi connectivity index (χ2v) is 5.82. The Hall–Kier alpha value is -1.49. The molecule has 1 aromatic heterocycles. The number of carbonyl (C=O) groups excluding carboxylic acids is 1. The van der Waals surface area contributed by atoms with Crippen LogP contribution >= 0.6 is 0 Å². The molecule has 0 aliphatic rings. The van der Waals surface area contributed by atoms with Crippen LogP contribution in [0.2, 0.25) is 0 Å². The third-order valence-corrected chi connectivity index (χ3v) is 3.29. The first-order chi connectivity index (χ1) is 8.93. The molecule has 3 N–H and O–H groups in total. The standard InChI is InChI=1S/C14H24N4O/c1-14(2,3)11(6-7-15)4-5-13(19)18-12-10-16-8-9-17-12/h8-11H,4-7,15H2,1-3H3,(H,17,18,19). The molecule has 19 heavy (non-hydrogen) atoms. The fraction of sp³-hybridized carbons (Fsp3) is 0.643. The van der Waals surface area contributed by atoms with Crippen LogP contribution in [0.15, 0.2) is 18.6 Å². The maximum atomic E-state index is 11.8. The molecule has 106 valence electrons. The lowest BCUT2D eigenvalue weighted by Crippen LogP contribution is -2.25. The van der Waals surface area contributed by atoms with E-state index in [4.69, 9.17) is 5.73 Å². The average Bonchev–Trinajstić information content (AvgIpc) is 2.34. The highest BCUT2D eigenvalue weighted by molar-refractivity contribution is 5.89. The van der Waals surface area contributed by atoms with Crippen LogP contribution in [0.3, 0.4) is 0 Å². The van der Waals surface area contributed by atoms with E-state index in [1.54, 1.807) is 18.6 Å². The van der Waals surface area contributed by atoms with Crippen molar-refractivity contribution < 1.29 is 4.79 Å². The van der Waals surface area contributed by atoms with Gasteiger partial charge in [0, 0.05) is 18.8 Å². The Morgan fingerprint density at radius 2 is 2.11 bits per heavy atom. The van der Waals surface area contributed by atoms with E-state index < -0.39 is 0 Å². The highest BCUT2D eigenvalue weighted by atomic mass is 16.1. The molecule has 0 aliphatic carbocycles. The summed E-state index contributed by atoms with van der Waals surface area (Å²) in [5.74, 6) is 0.926. The van der Waals surface area contributed by atoms with E-state index in [-0.39, 0.29) is 11.3 Å². The van der Waals surface area contributed by atoms with E-state index in [2.05, 4.69) is 36.1 Å². The fourth-order valence-corrected chi connectivity index (χ4v) is 2.09. The summed E-state index contributed by atoms with van der Waals surface area (Å²) in [6.45, 7) is 7.23. The minimum atomic E-state index is -0.0215. The van der Waals surface area contributed by atoms with E-state index in [1.165, 1.54) is 0 Å². The number of nitrogens with zero attached hydrogens (tertiary/aromatic N) is 2. The molecule has 0 radical (unpaired) electrons. The van der Waals surface area contributed by atoms with Crippen LogP contribution < -0.4 is 11.1 Å². The predicted octanol–water partition coefficient (Wildman–Crippen LogP) is 2.21. The van der Waals surface area contributed by atoms with Gasteiger partial charge in [0.25, 0.3) is 0 Å².